The lowest BCUT2D eigenvalue weighted by Gasteiger charge is -2.16. The van der Waals surface area contributed by atoms with E-state index in [2.05, 4.69) is 10.6 Å². The molecular formula is C22H24N2O4. The molecule has 2 rings (SSSR count). The van der Waals surface area contributed by atoms with Gasteiger partial charge in [-0.15, -0.1) is 0 Å². The summed E-state index contributed by atoms with van der Waals surface area (Å²) in [4.78, 5) is 36.3. The second-order valence-corrected chi connectivity index (χ2v) is 6.51. The van der Waals surface area contributed by atoms with Gasteiger partial charge in [-0.25, -0.2) is 4.79 Å². The summed E-state index contributed by atoms with van der Waals surface area (Å²) in [6.07, 6.45) is 0.458. The molecule has 0 heterocycles. The van der Waals surface area contributed by atoms with Crippen molar-refractivity contribution in [3.63, 3.8) is 0 Å². The predicted molar refractivity (Wildman–Crippen MR) is 108 cm³/mol. The standard InChI is InChI=1S/C22H24N2O4/c1-14-10-11-19(15(2)12-14)24-21(26)16(3)28-22(27)20(23-17(4)25)13-18-8-6-5-7-9-18/h5-13,16H,1-4H3,(H,23,25)(H,24,26)/b20-13-. The number of aryl methyl sites for hydroxylation is 2. The quantitative estimate of drug-likeness (QED) is 0.595. The van der Waals surface area contributed by atoms with Crippen LogP contribution in [0.2, 0.25) is 0 Å². The van der Waals surface area contributed by atoms with Crippen molar-refractivity contribution < 1.29 is 19.1 Å². The molecule has 0 saturated carbocycles. The number of benzene rings is 2. The number of carbonyl (C=O) groups is 3. The summed E-state index contributed by atoms with van der Waals surface area (Å²) >= 11 is 0. The van der Waals surface area contributed by atoms with Gasteiger partial charge in [-0.2, -0.15) is 0 Å². The topological polar surface area (TPSA) is 84.5 Å². The molecule has 6 nitrogen and oxygen atoms in total. The van der Waals surface area contributed by atoms with Crippen molar-refractivity contribution >= 4 is 29.5 Å². The molecule has 0 radical (unpaired) electrons. The van der Waals surface area contributed by atoms with E-state index in [1.807, 2.05) is 44.2 Å². The number of hydrogen-bond donors (Lipinski definition) is 2. The number of amides is 2. The van der Waals surface area contributed by atoms with E-state index in [-0.39, 0.29) is 5.70 Å². The van der Waals surface area contributed by atoms with Crippen molar-refractivity contribution in [2.24, 2.45) is 0 Å². The highest BCUT2D eigenvalue weighted by Gasteiger charge is 2.21. The Morgan fingerprint density at radius 2 is 1.71 bits per heavy atom. The molecule has 2 aromatic carbocycles. The second kappa shape index (κ2) is 9.50. The maximum Gasteiger partial charge on any atom is 0.355 e. The Kier molecular flexibility index (Phi) is 7.09. The van der Waals surface area contributed by atoms with E-state index in [0.717, 1.165) is 16.7 Å². The minimum Gasteiger partial charge on any atom is -0.448 e. The number of hydrogen-bond acceptors (Lipinski definition) is 4. The lowest BCUT2D eigenvalue weighted by atomic mass is 10.1. The first kappa shape index (κ1) is 20.9. The zero-order valence-corrected chi connectivity index (χ0v) is 16.4. The van der Waals surface area contributed by atoms with Crippen LogP contribution < -0.4 is 10.6 Å². The average Bonchev–Trinajstić information content (AvgIpc) is 2.63. The van der Waals surface area contributed by atoms with Crippen LogP contribution in [0.4, 0.5) is 5.69 Å². The molecule has 0 saturated heterocycles. The Morgan fingerprint density at radius 3 is 2.32 bits per heavy atom. The van der Waals surface area contributed by atoms with Crippen molar-refractivity contribution in [3.05, 3.63) is 70.9 Å². The summed E-state index contributed by atoms with van der Waals surface area (Å²) in [5.41, 5.74) is 3.33. The van der Waals surface area contributed by atoms with Gasteiger partial charge in [0.05, 0.1) is 0 Å². The number of nitrogens with one attached hydrogen (secondary N) is 2. The fourth-order valence-corrected chi connectivity index (χ4v) is 2.52. The van der Waals surface area contributed by atoms with Crippen molar-refractivity contribution in [1.29, 1.82) is 0 Å². The lowest BCUT2D eigenvalue weighted by Crippen LogP contribution is -2.34. The van der Waals surface area contributed by atoms with E-state index in [4.69, 9.17) is 4.74 Å². The summed E-state index contributed by atoms with van der Waals surface area (Å²) in [6, 6.07) is 14.7. The van der Waals surface area contributed by atoms with Crippen molar-refractivity contribution in [3.8, 4) is 0 Å². The number of esters is 1. The second-order valence-electron chi connectivity index (χ2n) is 6.51. The molecule has 0 aromatic heterocycles. The third kappa shape index (κ3) is 6.09. The Balaban J connectivity index is 2.09. The van der Waals surface area contributed by atoms with Crippen LogP contribution in [0.15, 0.2) is 54.2 Å². The summed E-state index contributed by atoms with van der Waals surface area (Å²) in [5.74, 6) is -1.66. The van der Waals surface area contributed by atoms with Crippen LogP contribution in [0, 0.1) is 13.8 Å². The Bertz CT molecular complexity index is 904. The van der Waals surface area contributed by atoms with E-state index in [1.54, 1.807) is 18.2 Å². The van der Waals surface area contributed by atoms with Crippen LogP contribution in [0.3, 0.4) is 0 Å². The zero-order chi connectivity index (χ0) is 20.7. The monoisotopic (exact) mass is 380 g/mol. The predicted octanol–water partition coefficient (Wildman–Crippen LogP) is 3.35. The first-order chi connectivity index (χ1) is 13.3. The van der Waals surface area contributed by atoms with Crippen LogP contribution in [0.1, 0.15) is 30.5 Å². The van der Waals surface area contributed by atoms with E-state index in [1.165, 1.54) is 19.9 Å². The largest absolute Gasteiger partial charge is 0.448 e. The summed E-state index contributed by atoms with van der Waals surface area (Å²) in [5, 5.41) is 5.20. The molecule has 0 bridgehead atoms. The Morgan fingerprint density at radius 1 is 1.04 bits per heavy atom. The van der Waals surface area contributed by atoms with Crippen molar-refractivity contribution in [1.82, 2.24) is 5.32 Å². The van der Waals surface area contributed by atoms with Crippen molar-refractivity contribution in [2.75, 3.05) is 5.32 Å². The molecule has 0 spiro atoms. The molecule has 0 aliphatic rings. The minimum atomic E-state index is -1.04. The van der Waals surface area contributed by atoms with Crippen LogP contribution in [0.25, 0.3) is 6.08 Å². The summed E-state index contributed by atoms with van der Waals surface area (Å²) in [6.45, 7) is 6.62. The van der Waals surface area contributed by atoms with Gasteiger partial charge in [0.2, 0.25) is 5.91 Å². The third-order valence-electron chi connectivity index (χ3n) is 3.93. The first-order valence-corrected chi connectivity index (χ1v) is 8.89. The van der Waals surface area contributed by atoms with Crippen LogP contribution in [0.5, 0.6) is 0 Å². The smallest absolute Gasteiger partial charge is 0.355 e. The van der Waals surface area contributed by atoms with E-state index < -0.39 is 23.9 Å². The molecule has 1 atom stereocenters. The van der Waals surface area contributed by atoms with Gasteiger partial charge in [0.1, 0.15) is 5.70 Å². The molecule has 2 aromatic rings. The Labute approximate surface area is 164 Å². The van der Waals surface area contributed by atoms with Gasteiger partial charge in [0, 0.05) is 12.6 Å². The van der Waals surface area contributed by atoms with Gasteiger partial charge < -0.3 is 15.4 Å². The lowest BCUT2D eigenvalue weighted by molar-refractivity contribution is -0.149. The van der Waals surface area contributed by atoms with E-state index in [0.29, 0.717) is 5.69 Å². The molecule has 1 unspecified atom stereocenters. The van der Waals surface area contributed by atoms with E-state index >= 15 is 0 Å². The van der Waals surface area contributed by atoms with Crippen molar-refractivity contribution in [2.45, 2.75) is 33.8 Å². The normalized spacial score (nSPS) is 12.1. The highest BCUT2D eigenvalue weighted by molar-refractivity contribution is 6.00. The van der Waals surface area contributed by atoms with Crippen LogP contribution >= 0.6 is 0 Å². The van der Waals surface area contributed by atoms with Crippen LogP contribution in [-0.2, 0) is 19.1 Å². The average molecular weight is 380 g/mol. The van der Waals surface area contributed by atoms with Gasteiger partial charge in [-0.05, 0) is 44.0 Å². The van der Waals surface area contributed by atoms with Gasteiger partial charge in [0.15, 0.2) is 6.10 Å². The highest BCUT2D eigenvalue weighted by atomic mass is 16.5. The Hall–Kier alpha value is -3.41. The molecule has 2 amide bonds. The fraction of sp³-hybridized carbons (Fsp3) is 0.227. The number of anilines is 1. The summed E-state index contributed by atoms with van der Waals surface area (Å²) < 4.78 is 5.25. The number of rotatable bonds is 6. The maximum absolute atomic E-state index is 12.5. The van der Waals surface area contributed by atoms with Gasteiger partial charge in [-0.3, -0.25) is 9.59 Å². The van der Waals surface area contributed by atoms with Gasteiger partial charge >= 0.3 is 5.97 Å². The van der Waals surface area contributed by atoms with E-state index in [9.17, 15) is 14.4 Å². The molecular weight excluding hydrogens is 356 g/mol. The van der Waals surface area contributed by atoms with Gasteiger partial charge in [0.25, 0.3) is 5.91 Å². The third-order valence-corrected chi connectivity index (χ3v) is 3.93. The number of carbonyl (C=O) groups excluding carboxylic acids is 3. The molecule has 6 heteroatoms. The summed E-state index contributed by atoms with van der Waals surface area (Å²) in [7, 11) is 0. The highest BCUT2D eigenvalue weighted by Crippen LogP contribution is 2.17. The SMILES string of the molecule is CC(=O)N/C(=C\c1ccccc1)C(=O)OC(C)C(=O)Nc1ccc(C)cc1C. The van der Waals surface area contributed by atoms with Crippen LogP contribution in [-0.4, -0.2) is 23.9 Å². The molecule has 0 aliphatic heterocycles. The zero-order valence-electron chi connectivity index (χ0n) is 16.4. The minimum absolute atomic E-state index is 0.0372. The fourth-order valence-electron chi connectivity index (χ4n) is 2.52. The van der Waals surface area contributed by atoms with Gasteiger partial charge in [-0.1, -0.05) is 48.0 Å². The molecule has 146 valence electrons. The molecule has 0 aliphatic carbocycles. The molecule has 2 N–H and O–H groups in total. The first-order valence-electron chi connectivity index (χ1n) is 8.89. The molecule has 28 heavy (non-hydrogen) atoms. The maximum atomic E-state index is 12.5. The number of ether oxygens (including phenoxy) is 1. The molecule has 0 fully saturated rings.